The summed E-state index contributed by atoms with van der Waals surface area (Å²) in [6.45, 7) is 3.44. The Bertz CT molecular complexity index is 1020. The van der Waals surface area contributed by atoms with Crippen molar-refractivity contribution in [3.8, 4) is 16.9 Å². The van der Waals surface area contributed by atoms with Gasteiger partial charge in [-0.2, -0.15) is 0 Å². The standard InChI is InChI=1S/C24H22BrNO4/c1-16(2)30-24(28)18-8-11-20(12-9-18)26-23(27)15-29-22-13-10-19(14-21(22)25)17-6-4-3-5-7-17/h3-14,16H,15H2,1-2H3,(H,26,27). The predicted octanol–water partition coefficient (Wildman–Crippen LogP) is 5.70. The van der Waals surface area contributed by atoms with Crippen LogP contribution in [0, 0.1) is 0 Å². The van der Waals surface area contributed by atoms with Crippen LogP contribution in [0.1, 0.15) is 24.2 Å². The third-order valence-electron chi connectivity index (χ3n) is 4.14. The van der Waals surface area contributed by atoms with Crippen LogP contribution in [0.2, 0.25) is 0 Å². The van der Waals surface area contributed by atoms with E-state index in [9.17, 15) is 9.59 Å². The Hall–Kier alpha value is -3.12. The van der Waals surface area contributed by atoms with Gasteiger partial charge in [0, 0.05) is 5.69 Å². The summed E-state index contributed by atoms with van der Waals surface area (Å²) in [5.41, 5.74) is 3.15. The van der Waals surface area contributed by atoms with Crippen molar-refractivity contribution in [1.82, 2.24) is 0 Å². The third-order valence-corrected chi connectivity index (χ3v) is 4.76. The number of anilines is 1. The van der Waals surface area contributed by atoms with Gasteiger partial charge in [0.1, 0.15) is 5.75 Å². The van der Waals surface area contributed by atoms with Gasteiger partial charge in [-0.1, -0.05) is 36.4 Å². The normalized spacial score (nSPS) is 10.5. The molecule has 5 nitrogen and oxygen atoms in total. The third kappa shape index (κ3) is 5.94. The van der Waals surface area contributed by atoms with Gasteiger partial charge in [0.25, 0.3) is 5.91 Å². The average Bonchev–Trinajstić information content (AvgIpc) is 2.73. The first-order valence-electron chi connectivity index (χ1n) is 9.51. The first kappa shape index (κ1) is 21.6. The summed E-state index contributed by atoms with van der Waals surface area (Å²) in [5, 5.41) is 2.74. The van der Waals surface area contributed by atoms with E-state index < -0.39 is 5.97 Å². The molecule has 3 aromatic rings. The molecule has 0 radical (unpaired) electrons. The Labute approximate surface area is 184 Å². The number of rotatable bonds is 7. The van der Waals surface area contributed by atoms with Crippen molar-refractivity contribution in [1.29, 1.82) is 0 Å². The van der Waals surface area contributed by atoms with E-state index >= 15 is 0 Å². The molecule has 0 heterocycles. The maximum absolute atomic E-state index is 12.2. The predicted molar refractivity (Wildman–Crippen MR) is 121 cm³/mol. The zero-order chi connectivity index (χ0) is 21.5. The second-order valence-corrected chi connectivity index (χ2v) is 7.73. The van der Waals surface area contributed by atoms with Crippen molar-refractivity contribution in [3.05, 3.63) is 82.8 Å². The number of benzene rings is 3. The topological polar surface area (TPSA) is 64.6 Å². The summed E-state index contributed by atoms with van der Waals surface area (Å²) >= 11 is 3.50. The number of nitrogens with one attached hydrogen (secondary N) is 1. The Kier molecular flexibility index (Phi) is 7.25. The highest BCUT2D eigenvalue weighted by Crippen LogP contribution is 2.30. The molecule has 0 aliphatic heterocycles. The highest BCUT2D eigenvalue weighted by Gasteiger charge is 2.11. The molecule has 0 aromatic heterocycles. The Morgan fingerprint density at radius 2 is 1.63 bits per heavy atom. The number of esters is 1. The quantitative estimate of drug-likeness (QED) is 0.452. The Balaban J connectivity index is 1.55. The highest BCUT2D eigenvalue weighted by molar-refractivity contribution is 9.10. The number of amides is 1. The molecule has 0 spiro atoms. The minimum absolute atomic E-state index is 0.138. The van der Waals surface area contributed by atoms with Crippen molar-refractivity contribution >= 4 is 33.5 Å². The summed E-state index contributed by atoms with van der Waals surface area (Å²) in [5.74, 6) is -0.113. The second kappa shape index (κ2) is 10.1. The van der Waals surface area contributed by atoms with Crippen LogP contribution in [-0.2, 0) is 9.53 Å². The summed E-state index contributed by atoms with van der Waals surface area (Å²) < 4.78 is 11.5. The van der Waals surface area contributed by atoms with Crippen LogP contribution in [0.15, 0.2) is 77.3 Å². The number of hydrogen-bond donors (Lipinski definition) is 1. The van der Waals surface area contributed by atoms with Gasteiger partial charge >= 0.3 is 5.97 Å². The molecule has 0 atom stereocenters. The summed E-state index contributed by atoms with van der Waals surface area (Å²) in [6, 6.07) is 22.3. The van der Waals surface area contributed by atoms with Crippen LogP contribution < -0.4 is 10.1 Å². The SMILES string of the molecule is CC(C)OC(=O)c1ccc(NC(=O)COc2ccc(-c3ccccc3)cc2Br)cc1. The van der Waals surface area contributed by atoms with Gasteiger partial charge in [-0.15, -0.1) is 0 Å². The zero-order valence-corrected chi connectivity index (χ0v) is 18.3. The van der Waals surface area contributed by atoms with Crippen molar-refractivity contribution in [2.75, 3.05) is 11.9 Å². The fourth-order valence-electron chi connectivity index (χ4n) is 2.74. The smallest absolute Gasteiger partial charge is 0.338 e. The molecule has 0 fully saturated rings. The highest BCUT2D eigenvalue weighted by atomic mass is 79.9. The van der Waals surface area contributed by atoms with E-state index in [0.29, 0.717) is 17.0 Å². The first-order valence-corrected chi connectivity index (χ1v) is 10.3. The lowest BCUT2D eigenvalue weighted by Crippen LogP contribution is -2.20. The fourth-order valence-corrected chi connectivity index (χ4v) is 3.23. The minimum Gasteiger partial charge on any atom is -0.483 e. The molecule has 0 bridgehead atoms. The van der Waals surface area contributed by atoms with Gasteiger partial charge in [0.05, 0.1) is 16.1 Å². The fraction of sp³-hybridized carbons (Fsp3) is 0.167. The van der Waals surface area contributed by atoms with E-state index in [1.54, 1.807) is 38.1 Å². The molecular weight excluding hydrogens is 446 g/mol. The molecule has 154 valence electrons. The molecule has 3 aromatic carbocycles. The number of hydrogen-bond acceptors (Lipinski definition) is 4. The molecule has 3 rings (SSSR count). The van der Waals surface area contributed by atoms with Gasteiger partial charge in [0.2, 0.25) is 0 Å². The van der Waals surface area contributed by atoms with Crippen molar-refractivity contribution < 1.29 is 19.1 Å². The first-order chi connectivity index (χ1) is 14.4. The van der Waals surface area contributed by atoms with E-state index in [-0.39, 0.29) is 18.6 Å². The molecule has 30 heavy (non-hydrogen) atoms. The van der Waals surface area contributed by atoms with Gasteiger partial charge in [-0.05, 0) is 77.3 Å². The zero-order valence-electron chi connectivity index (χ0n) is 16.7. The van der Waals surface area contributed by atoms with Crippen LogP contribution in [0.4, 0.5) is 5.69 Å². The van der Waals surface area contributed by atoms with Crippen molar-refractivity contribution in [2.45, 2.75) is 20.0 Å². The molecule has 6 heteroatoms. The Morgan fingerprint density at radius 3 is 2.27 bits per heavy atom. The number of halogens is 1. The monoisotopic (exact) mass is 467 g/mol. The minimum atomic E-state index is -0.394. The van der Waals surface area contributed by atoms with Crippen LogP contribution >= 0.6 is 15.9 Å². The molecule has 0 saturated heterocycles. The molecule has 1 N–H and O–H groups in total. The number of carbonyl (C=O) groups excluding carboxylic acids is 2. The molecular formula is C24H22BrNO4. The largest absolute Gasteiger partial charge is 0.483 e. The van der Waals surface area contributed by atoms with Crippen molar-refractivity contribution in [3.63, 3.8) is 0 Å². The van der Waals surface area contributed by atoms with Gasteiger partial charge < -0.3 is 14.8 Å². The van der Waals surface area contributed by atoms with E-state index in [0.717, 1.165) is 15.6 Å². The van der Waals surface area contributed by atoms with Crippen molar-refractivity contribution in [2.24, 2.45) is 0 Å². The maximum Gasteiger partial charge on any atom is 0.338 e. The lowest BCUT2D eigenvalue weighted by Gasteiger charge is -2.11. The summed E-state index contributed by atoms with van der Waals surface area (Å²) in [7, 11) is 0. The van der Waals surface area contributed by atoms with Gasteiger partial charge in [-0.25, -0.2) is 4.79 Å². The van der Waals surface area contributed by atoms with E-state index in [1.165, 1.54) is 0 Å². The lowest BCUT2D eigenvalue weighted by atomic mass is 10.1. The van der Waals surface area contributed by atoms with Crippen LogP contribution in [0.5, 0.6) is 5.75 Å². The molecule has 0 unspecified atom stereocenters. The summed E-state index contributed by atoms with van der Waals surface area (Å²) in [4.78, 5) is 24.1. The maximum atomic E-state index is 12.2. The number of carbonyl (C=O) groups is 2. The van der Waals surface area contributed by atoms with E-state index in [4.69, 9.17) is 9.47 Å². The molecule has 0 aliphatic rings. The molecule has 0 saturated carbocycles. The van der Waals surface area contributed by atoms with Crippen LogP contribution in [0.25, 0.3) is 11.1 Å². The lowest BCUT2D eigenvalue weighted by molar-refractivity contribution is -0.118. The van der Waals surface area contributed by atoms with Gasteiger partial charge in [0.15, 0.2) is 6.61 Å². The van der Waals surface area contributed by atoms with Gasteiger partial charge in [-0.3, -0.25) is 4.79 Å². The van der Waals surface area contributed by atoms with E-state index in [2.05, 4.69) is 21.2 Å². The van der Waals surface area contributed by atoms with Crippen LogP contribution in [0.3, 0.4) is 0 Å². The number of ether oxygens (including phenoxy) is 2. The Morgan fingerprint density at radius 1 is 0.933 bits per heavy atom. The average molecular weight is 468 g/mol. The van der Waals surface area contributed by atoms with Crippen LogP contribution in [-0.4, -0.2) is 24.6 Å². The molecule has 0 aliphatic carbocycles. The summed E-state index contributed by atoms with van der Waals surface area (Å²) in [6.07, 6.45) is -0.185. The second-order valence-electron chi connectivity index (χ2n) is 6.88. The molecule has 1 amide bonds. The van der Waals surface area contributed by atoms with E-state index in [1.807, 2.05) is 48.5 Å².